The molecule has 0 heterocycles. The van der Waals surface area contributed by atoms with Crippen LogP contribution in [0.3, 0.4) is 0 Å². The van der Waals surface area contributed by atoms with E-state index < -0.39 is 0 Å². The number of nitrogens with two attached hydrogens (primary N) is 1. The van der Waals surface area contributed by atoms with Crippen molar-refractivity contribution < 1.29 is 4.74 Å². The van der Waals surface area contributed by atoms with Gasteiger partial charge in [0.2, 0.25) is 0 Å². The Morgan fingerprint density at radius 2 is 1.52 bits per heavy atom. The molecule has 180 valence electrons. The minimum Gasteiger partial charge on any atom is -0.494 e. The van der Waals surface area contributed by atoms with E-state index in [0.717, 1.165) is 43.1 Å². The third kappa shape index (κ3) is 11.3. The fraction of sp³-hybridized carbons (Fsp3) is 0.462. The number of nitrogens with one attached hydrogen (secondary N) is 3. The molecule has 0 saturated heterocycles. The van der Waals surface area contributed by atoms with Gasteiger partial charge in [-0.3, -0.25) is 0 Å². The zero-order chi connectivity index (χ0) is 24.1. The van der Waals surface area contributed by atoms with E-state index in [2.05, 4.69) is 61.0 Å². The van der Waals surface area contributed by atoms with Crippen LogP contribution < -0.4 is 26.4 Å². The standard InChI is InChI=1S/C26H38N4OS2/c1-26(2,3)20-13-15-21(16-14-20)30-25(33)28-17-8-6-4-5-7-9-18-31-23-12-10-11-22(19-23)29-24(27)32/h10-16,19H,4-9,17-18H2,1-3H3,(H3,27,29,32)(H2,28,30,33). The van der Waals surface area contributed by atoms with Crippen LogP contribution in [0.25, 0.3) is 0 Å². The van der Waals surface area contributed by atoms with Gasteiger partial charge in [0.15, 0.2) is 10.2 Å². The summed E-state index contributed by atoms with van der Waals surface area (Å²) in [5, 5.41) is 10.4. The third-order valence-electron chi connectivity index (χ3n) is 5.24. The van der Waals surface area contributed by atoms with E-state index in [1.54, 1.807) is 0 Å². The first-order chi connectivity index (χ1) is 15.7. The summed E-state index contributed by atoms with van der Waals surface area (Å²) in [5.74, 6) is 0.831. The van der Waals surface area contributed by atoms with Gasteiger partial charge in [0.25, 0.3) is 0 Å². The minimum atomic E-state index is 0.160. The highest BCUT2D eigenvalue weighted by Crippen LogP contribution is 2.23. The van der Waals surface area contributed by atoms with Gasteiger partial charge in [-0.15, -0.1) is 0 Å². The zero-order valence-corrected chi connectivity index (χ0v) is 21.7. The number of anilines is 2. The second-order valence-corrected chi connectivity index (χ2v) is 10.0. The molecule has 0 aliphatic heterocycles. The first-order valence-corrected chi connectivity index (χ1v) is 12.5. The second-order valence-electron chi connectivity index (χ2n) is 9.20. The summed E-state index contributed by atoms with van der Waals surface area (Å²) in [7, 11) is 0. The van der Waals surface area contributed by atoms with Crippen molar-refractivity contribution in [1.29, 1.82) is 0 Å². The molecular weight excluding hydrogens is 448 g/mol. The van der Waals surface area contributed by atoms with Crippen LogP contribution >= 0.6 is 24.4 Å². The van der Waals surface area contributed by atoms with Gasteiger partial charge in [-0.25, -0.2) is 0 Å². The monoisotopic (exact) mass is 486 g/mol. The van der Waals surface area contributed by atoms with E-state index in [4.69, 9.17) is 34.9 Å². The van der Waals surface area contributed by atoms with Gasteiger partial charge >= 0.3 is 0 Å². The predicted octanol–water partition coefficient (Wildman–Crippen LogP) is 6.35. The molecule has 0 unspecified atom stereocenters. The van der Waals surface area contributed by atoms with Crippen molar-refractivity contribution >= 4 is 46.0 Å². The van der Waals surface area contributed by atoms with Gasteiger partial charge in [-0.2, -0.15) is 0 Å². The van der Waals surface area contributed by atoms with Crippen molar-refractivity contribution in [1.82, 2.24) is 5.32 Å². The smallest absolute Gasteiger partial charge is 0.170 e. The highest BCUT2D eigenvalue weighted by molar-refractivity contribution is 7.80. The number of benzene rings is 2. The van der Waals surface area contributed by atoms with Gasteiger partial charge in [0.05, 0.1) is 6.61 Å². The fourth-order valence-electron chi connectivity index (χ4n) is 3.36. The Bertz CT molecular complexity index is 879. The lowest BCUT2D eigenvalue weighted by molar-refractivity contribution is 0.304. The molecule has 7 heteroatoms. The lowest BCUT2D eigenvalue weighted by atomic mass is 9.87. The predicted molar refractivity (Wildman–Crippen MR) is 149 cm³/mol. The number of hydrogen-bond acceptors (Lipinski definition) is 3. The van der Waals surface area contributed by atoms with E-state index in [-0.39, 0.29) is 10.5 Å². The highest BCUT2D eigenvalue weighted by Gasteiger charge is 2.12. The maximum Gasteiger partial charge on any atom is 0.170 e. The van der Waals surface area contributed by atoms with Crippen molar-refractivity contribution in [2.45, 2.75) is 64.7 Å². The van der Waals surface area contributed by atoms with E-state index in [0.29, 0.717) is 5.11 Å². The van der Waals surface area contributed by atoms with Crippen LogP contribution in [-0.2, 0) is 5.41 Å². The summed E-state index contributed by atoms with van der Waals surface area (Å²) in [5.41, 5.74) is 8.85. The molecule has 2 rings (SSSR count). The molecule has 0 spiro atoms. The van der Waals surface area contributed by atoms with Crippen molar-refractivity contribution in [3.8, 4) is 5.75 Å². The summed E-state index contributed by atoms with van der Waals surface area (Å²) in [6.07, 6.45) is 6.97. The van der Waals surface area contributed by atoms with Crippen molar-refractivity contribution in [2.24, 2.45) is 5.73 Å². The number of hydrogen-bond donors (Lipinski definition) is 4. The van der Waals surface area contributed by atoms with Crippen molar-refractivity contribution in [3.05, 3.63) is 54.1 Å². The third-order valence-corrected chi connectivity index (χ3v) is 5.58. The zero-order valence-electron chi connectivity index (χ0n) is 20.1. The molecule has 5 N–H and O–H groups in total. The SMILES string of the molecule is CC(C)(C)c1ccc(NC(=S)NCCCCCCCCOc2cccc(NC(N)=S)c2)cc1. The summed E-state index contributed by atoms with van der Waals surface area (Å²) >= 11 is 10.3. The summed E-state index contributed by atoms with van der Waals surface area (Å²) in [6.45, 7) is 8.26. The Morgan fingerprint density at radius 3 is 2.18 bits per heavy atom. The molecule has 5 nitrogen and oxygen atoms in total. The van der Waals surface area contributed by atoms with Crippen LogP contribution in [0.15, 0.2) is 48.5 Å². The van der Waals surface area contributed by atoms with Crippen LogP contribution in [0.4, 0.5) is 11.4 Å². The van der Waals surface area contributed by atoms with E-state index in [1.807, 2.05) is 24.3 Å². The number of unbranched alkanes of at least 4 members (excludes halogenated alkanes) is 5. The highest BCUT2D eigenvalue weighted by atomic mass is 32.1. The lowest BCUT2D eigenvalue weighted by Gasteiger charge is -2.19. The first kappa shape index (κ1) is 26.9. The second kappa shape index (κ2) is 14.0. The molecule has 0 saturated carbocycles. The molecule has 0 atom stereocenters. The van der Waals surface area contributed by atoms with Crippen LogP contribution in [0.1, 0.15) is 64.9 Å². The Morgan fingerprint density at radius 1 is 0.848 bits per heavy atom. The molecular formula is C26H38N4OS2. The van der Waals surface area contributed by atoms with Crippen molar-refractivity contribution in [3.63, 3.8) is 0 Å². The van der Waals surface area contributed by atoms with Crippen LogP contribution in [0.2, 0.25) is 0 Å². The maximum atomic E-state index is 5.82. The molecule has 0 aliphatic carbocycles. The van der Waals surface area contributed by atoms with Crippen molar-refractivity contribution in [2.75, 3.05) is 23.8 Å². The van der Waals surface area contributed by atoms with E-state index >= 15 is 0 Å². The van der Waals surface area contributed by atoms with Gasteiger partial charge in [0.1, 0.15) is 5.75 Å². The molecule has 2 aromatic carbocycles. The lowest BCUT2D eigenvalue weighted by Crippen LogP contribution is -2.29. The molecule has 0 radical (unpaired) electrons. The average molecular weight is 487 g/mol. The Labute approximate surface area is 209 Å². The van der Waals surface area contributed by atoms with Gasteiger partial charge in [-0.1, -0.05) is 64.7 Å². The fourth-order valence-corrected chi connectivity index (χ4v) is 3.70. The Hall–Kier alpha value is -2.38. The number of ether oxygens (including phenoxy) is 1. The molecule has 0 fully saturated rings. The molecule has 0 aliphatic rings. The van der Waals surface area contributed by atoms with Gasteiger partial charge < -0.3 is 26.4 Å². The summed E-state index contributed by atoms with van der Waals surface area (Å²) in [6, 6.07) is 16.2. The largest absolute Gasteiger partial charge is 0.494 e. The van der Waals surface area contributed by atoms with E-state index in [9.17, 15) is 0 Å². The quantitative estimate of drug-likeness (QED) is 0.206. The average Bonchev–Trinajstić information content (AvgIpc) is 2.74. The molecule has 0 bridgehead atoms. The molecule has 33 heavy (non-hydrogen) atoms. The first-order valence-electron chi connectivity index (χ1n) is 11.7. The Kier molecular flexibility index (Phi) is 11.4. The van der Waals surface area contributed by atoms with E-state index in [1.165, 1.54) is 31.2 Å². The van der Waals surface area contributed by atoms with Gasteiger partial charge in [-0.05, 0) is 72.5 Å². The number of thiocarbonyl (C=S) groups is 2. The normalized spacial score (nSPS) is 11.0. The Balaban J connectivity index is 1.47. The molecule has 0 aromatic heterocycles. The van der Waals surface area contributed by atoms with Crippen LogP contribution in [0.5, 0.6) is 5.75 Å². The molecule has 2 aromatic rings. The van der Waals surface area contributed by atoms with Gasteiger partial charge in [0, 0.05) is 24.0 Å². The summed E-state index contributed by atoms with van der Waals surface area (Å²) in [4.78, 5) is 0. The van der Waals surface area contributed by atoms with Crippen LogP contribution in [-0.4, -0.2) is 23.4 Å². The van der Waals surface area contributed by atoms with Crippen LogP contribution in [0, 0.1) is 0 Å². The topological polar surface area (TPSA) is 71.3 Å². The minimum absolute atomic E-state index is 0.160. The number of rotatable bonds is 12. The molecule has 0 amide bonds. The maximum absolute atomic E-state index is 5.82. The summed E-state index contributed by atoms with van der Waals surface area (Å²) < 4.78 is 5.82.